The van der Waals surface area contributed by atoms with Crippen molar-refractivity contribution < 1.29 is 9.53 Å². The molecule has 3 heterocycles. The van der Waals surface area contributed by atoms with E-state index in [2.05, 4.69) is 10.3 Å². The van der Waals surface area contributed by atoms with E-state index in [0.717, 1.165) is 36.5 Å². The first-order valence-corrected chi connectivity index (χ1v) is 5.52. The summed E-state index contributed by atoms with van der Waals surface area (Å²) >= 11 is 0. The fourth-order valence-corrected chi connectivity index (χ4v) is 2.20. The van der Waals surface area contributed by atoms with Gasteiger partial charge in [-0.1, -0.05) is 0 Å². The Morgan fingerprint density at radius 3 is 3.25 bits per heavy atom. The van der Waals surface area contributed by atoms with Gasteiger partial charge >= 0.3 is 6.09 Å². The van der Waals surface area contributed by atoms with Crippen LogP contribution in [0.15, 0.2) is 12.3 Å². The summed E-state index contributed by atoms with van der Waals surface area (Å²) in [4.78, 5) is 17.4. The lowest BCUT2D eigenvalue weighted by atomic mass is 10.0. The number of nitrogens with zero attached hydrogens (tertiary/aromatic N) is 2. The molecule has 0 atom stereocenters. The fourth-order valence-electron chi connectivity index (χ4n) is 2.20. The Kier molecular flexibility index (Phi) is 2.16. The lowest BCUT2D eigenvalue weighted by Gasteiger charge is -2.23. The van der Waals surface area contributed by atoms with E-state index in [1.165, 1.54) is 0 Å². The molecule has 0 unspecified atom stereocenters. The van der Waals surface area contributed by atoms with Crippen LogP contribution in [0, 0.1) is 0 Å². The molecule has 1 amide bonds. The number of aromatic nitrogens is 1. The van der Waals surface area contributed by atoms with Crippen molar-refractivity contribution in [3.8, 4) is 0 Å². The Morgan fingerprint density at radius 1 is 1.50 bits per heavy atom. The third-order valence-corrected chi connectivity index (χ3v) is 2.97. The van der Waals surface area contributed by atoms with Crippen LogP contribution in [0.5, 0.6) is 0 Å². The van der Waals surface area contributed by atoms with Crippen LogP contribution < -0.4 is 10.2 Å². The molecule has 1 aromatic rings. The molecule has 0 aromatic carbocycles. The van der Waals surface area contributed by atoms with Gasteiger partial charge in [-0.15, -0.1) is 0 Å². The zero-order valence-electron chi connectivity index (χ0n) is 8.90. The molecular weight excluding hydrogens is 206 g/mol. The summed E-state index contributed by atoms with van der Waals surface area (Å²) in [6.07, 6.45) is 3.49. The first-order chi connectivity index (χ1) is 7.86. The van der Waals surface area contributed by atoms with E-state index < -0.39 is 0 Å². The molecular formula is C11H13N3O2. The van der Waals surface area contributed by atoms with Crippen LogP contribution in [0.1, 0.15) is 12.0 Å². The van der Waals surface area contributed by atoms with E-state index in [9.17, 15) is 4.79 Å². The third kappa shape index (κ3) is 1.39. The molecule has 2 aliphatic rings. The number of amides is 1. The lowest BCUT2D eigenvalue weighted by Crippen LogP contribution is -2.27. The molecule has 84 valence electrons. The SMILES string of the molecule is O=C1OCCN1c1nccc2c1CCCN2. The molecule has 5 heteroatoms. The van der Waals surface area contributed by atoms with E-state index in [4.69, 9.17) is 4.74 Å². The number of anilines is 2. The van der Waals surface area contributed by atoms with Gasteiger partial charge in [0.25, 0.3) is 0 Å². The number of ether oxygens (including phenoxy) is 1. The van der Waals surface area contributed by atoms with Crippen molar-refractivity contribution in [2.75, 3.05) is 29.9 Å². The van der Waals surface area contributed by atoms with E-state index in [1.54, 1.807) is 11.1 Å². The van der Waals surface area contributed by atoms with Gasteiger partial charge in [0.1, 0.15) is 12.4 Å². The van der Waals surface area contributed by atoms with Crippen molar-refractivity contribution in [2.24, 2.45) is 0 Å². The van der Waals surface area contributed by atoms with E-state index in [1.807, 2.05) is 6.07 Å². The maximum Gasteiger partial charge on any atom is 0.415 e. The van der Waals surface area contributed by atoms with Crippen LogP contribution in [-0.2, 0) is 11.2 Å². The van der Waals surface area contributed by atoms with Crippen LogP contribution in [0.3, 0.4) is 0 Å². The number of pyridine rings is 1. The number of nitrogens with one attached hydrogen (secondary N) is 1. The lowest BCUT2D eigenvalue weighted by molar-refractivity contribution is 0.181. The zero-order chi connectivity index (χ0) is 11.0. The normalized spacial score (nSPS) is 19.0. The van der Waals surface area contributed by atoms with Gasteiger partial charge in [0, 0.05) is 24.0 Å². The van der Waals surface area contributed by atoms with Gasteiger partial charge in [-0.25, -0.2) is 9.78 Å². The average Bonchev–Trinajstić information content (AvgIpc) is 2.75. The Hall–Kier alpha value is -1.78. The second kappa shape index (κ2) is 3.66. The van der Waals surface area contributed by atoms with Crippen molar-refractivity contribution in [3.05, 3.63) is 17.8 Å². The molecule has 16 heavy (non-hydrogen) atoms. The topological polar surface area (TPSA) is 54.5 Å². The van der Waals surface area contributed by atoms with Crippen LogP contribution in [0.2, 0.25) is 0 Å². The molecule has 1 fully saturated rings. The predicted molar refractivity (Wildman–Crippen MR) is 59.7 cm³/mol. The van der Waals surface area contributed by atoms with Gasteiger partial charge in [-0.05, 0) is 18.9 Å². The molecule has 0 aliphatic carbocycles. The molecule has 0 saturated carbocycles. The van der Waals surface area contributed by atoms with Crippen LogP contribution >= 0.6 is 0 Å². The predicted octanol–water partition coefficient (Wildman–Crippen LogP) is 1.40. The van der Waals surface area contributed by atoms with Crippen molar-refractivity contribution in [1.82, 2.24) is 4.98 Å². The van der Waals surface area contributed by atoms with E-state index in [-0.39, 0.29) is 6.09 Å². The van der Waals surface area contributed by atoms with Crippen molar-refractivity contribution >= 4 is 17.6 Å². The van der Waals surface area contributed by atoms with Crippen LogP contribution in [-0.4, -0.2) is 30.8 Å². The number of rotatable bonds is 1. The highest BCUT2D eigenvalue weighted by atomic mass is 16.6. The third-order valence-electron chi connectivity index (χ3n) is 2.97. The summed E-state index contributed by atoms with van der Waals surface area (Å²) in [5.74, 6) is 0.757. The standard InChI is InChI=1S/C11H13N3O2/c15-11-14(6-7-16-11)10-8-2-1-4-12-9(8)3-5-13-10/h3,5,12H,1-2,4,6-7H2. The van der Waals surface area contributed by atoms with Gasteiger partial charge < -0.3 is 10.1 Å². The minimum absolute atomic E-state index is 0.286. The highest BCUT2D eigenvalue weighted by molar-refractivity contribution is 5.90. The quantitative estimate of drug-likeness (QED) is 0.775. The van der Waals surface area contributed by atoms with Gasteiger partial charge in [0.2, 0.25) is 0 Å². The molecule has 1 N–H and O–H groups in total. The number of carbonyl (C=O) groups is 1. The summed E-state index contributed by atoms with van der Waals surface area (Å²) in [6, 6.07) is 1.96. The second-order valence-corrected chi connectivity index (χ2v) is 3.96. The van der Waals surface area contributed by atoms with Crippen molar-refractivity contribution in [1.29, 1.82) is 0 Å². The zero-order valence-corrected chi connectivity index (χ0v) is 8.90. The van der Waals surface area contributed by atoms with Gasteiger partial charge in [-0.3, -0.25) is 4.90 Å². The Labute approximate surface area is 93.4 Å². The number of hydrogen-bond donors (Lipinski definition) is 1. The number of hydrogen-bond acceptors (Lipinski definition) is 4. The summed E-state index contributed by atoms with van der Waals surface area (Å²) in [7, 11) is 0. The Morgan fingerprint density at radius 2 is 2.44 bits per heavy atom. The monoisotopic (exact) mass is 219 g/mol. The number of cyclic esters (lactones) is 1. The summed E-state index contributed by atoms with van der Waals surface area (Å²) < 4.78 is 4.94. The minimum atomic E-state index is -0.286. The number of fused-ring (bicyclic) bond motifs is 1. The second-order valence-electron chi connectivity index (χ2n) is 3.96. The summed E-state index contributed by atoms with van der Waals surface area (Å²) in [6.45, 7) is 2.04. The smallest absolute Gasteiger partial charge is 0.415 e. The fraction of sp³-hybridized carbons (Fsp3) is 0.455. The Bertz CT molecular complexity index is 433. The molecule has 1 aromatic heterocycles. The van der Waals surface area contributed by atoms with Crippen molar-refractivity contribution in [3.63, 3.8) is 0 Å². The minimum Gasteiger partial charge on any atom is -0.447 e. The van der Waals surface area contributed by atoms with Gasteiger partial charge in [0.15, 0.2) is 0 Å². The highest BCUT2D eigenvalue weighted by Crippen LogP contribution is 2.30. The van der Waals surface area contributed by atoms with Crippen molar-refractivity contribution in [2.45, 2.75) is 12.8 Å². The molecule has 0 radical (unpaired) electrons. The molecule has 2 aliphatic heterocycles. The highest BCUT2D eigenvalue weighted by Gasteiger charge is 2.28. The van der Waals surface area contributed by atoms with E-state index in [0.29, 0.717) is 13.2 Å². The van der Waals surface area contributed by atoms with Crippen LogP contribution in [0.25, 0.3) is 0 Å². The molecule has 0 spiro atoms. The maximum atomic E-state index is 11.5. The summed E-state index contributed by atoms with van der Waals surface area (Å²) in [5.41, 5.74) is 2.23. The van der Waals surface area contributed by atoms with Gasteiger partial charge in [0.05, 0.1) is 6.54 Å². The molecule has 1 saturated heterocycles. The molecule has 0 bridgehead atoms. The van der Waals surface area contributed by atoms with E-state index >= 15 is 0 Å². The summed E-state index contributed by atoms with van der Waals surface area (Å²) in [5, 5.41) is 3.32. The van der Waals surface area contributed by atoms with Gasteiger partial charge in [-0.2, -0.15) is 0 Å². The van der Waals surface area contributed by atoms with Crippen LogP contribution in [0.4, 0.5) is 16.3 Å². The average molecular weight is 219 g/mol. The first-order valence-electron chi connectivity index (χ1n) is 5.52. The molecule has 5 nitrogen and oxygen atoms in total. The molecule has 3 rings (SSSR count). The number of carbonyl (C=O) groups excluding carboxylic acids is 1. The maximum absolute atomic E-state index is 11.5. The first kappa shape index (κ1) is 9.45. The largest absolute Gasteiger partial charge is 0.447 e. The Balaban J connectivity index is 2.03.